The van der Waals surface area contributed by atoms with E-state index in [1.807, 2.05) is 79.7 Å². The maximum atomic E-state index is 6.14. The van der Waals surface area contributed by atoms with E-state index in [1.165, 1.54) is 5.56 Å². The van der Waals surface area contributed by atoms with Crippen molar-refractivity contribution in [2.24, 2.45) is 4.99 Å². The van der Waals surface area contributed by atoms with E-state index < -0.39 is 0 Å². The predicted octanol–water partition coefficient (Wildman–Crippen LogP) is 6.35. The van der Waals surface area contributed by atoms with E-state index in [-0.39, 0.29) is 0 Å². The SMILES string of the molecule is CCc1cccc(OC(=Nc2ccccc2)/C(C)=C/Oc2ccccc2OC)c1. The van der Waals surface area contributed by atoms with E-state index in [2.05, 4.69) is 18.0 Å². The zero-order valence-corrected chi connectivity index (χ0v) is 17.0. The van der Waals surface area contributed by atoms with Gasteiger partial charge in [0.1, 0.15) is 5.75 Å². The van der Waals surface area contributed by atoms with E-state index in [9.17, 15) is 0 Å². The lowest BCUT2D eigenvalue weighted by Crippen LogP contribution is -2.11. The fourth-order valence-corrected chi connectivity index (χ4v) is 2.67. The van der Waals surface area contributed by atoms with Crippen molar-refractivity contribution in [1.29, 1.82) is 0 Å². The molecule has 3 aromatic rings. The highest BCUT2D eigenvalue weighted by atomic mass is 16.5. The van der Waals surface area contributed by atoms with Crippen LogP contribution in [0.2, 0.25) is 0 Å². The van der Waals surface area contributed by atoms with Gasteiger partial charge >= 0.3 is 0 Å². The first-order valence-electron chi connectivity index (χ1n) is 9.57. The van der Waals surface area contributed by atoms with Gasteiger partial charge in [-0.25, -0.2) is 4.99 Å². The normalized spacial score (nSPS) is 11.8. The third-order valence-electron chi connectivity index (χ3n) is 4.28. The number of hydrogen-bond donors (Lipinski definition) is 0. The molecule has 0 aliphatic rings. The van der Waals surface area contributed by atoms with Gasteiger partial charge in [-0.05, 0) is 55.3 Å². The molecule has 0 heterocycles. The van der Waals surface area contributed by atoms with Crippen LogP contribution in [0.5, 0.6) is 17.2 Å². The monoisotopic (exact) mass is 387 g/mol. The number of aliphatic imine (C=N–C) groups is 1. The maximum Gasteiger partial charge on any atom is 0.225 e. The van der Waals surface area contributed by atoms with Crippen molar-refractivity contribution in [2.45, 2.75) is 20.3 Å². The standard InChI is InChI=1S/C25H25NO3/c1-4-20-11-10-14-22(17-20)29-25(26-21-12-6-5-7-13-21)19(2)18-28-24-16-9-8-15-23(24)27-3/h5-18H,4H2,1-3H3/b19-18+,26-25?. The second-order valence-corrected chi connectivity index (χ2v) is 6.43. The molecule has 0 unspecified atom stereocenters. The Bertz CT molecular complexity index is 994. The lowest BCUT2D eigenvalue weighted by molar-refractivity contribution is 0.377. The first-order valence-corrected chi connectivity index (χ1v) is 9.57. The van der Waals surface area contributed by atoms with Crippen LogP contribution in [-0.4, -0.2) is 13.0 Å². The van der Waals surface area contributed by atoms with Gasteiger partial charge in [0, 0.05) is 5.57 Å². The van der Waals surface area contributed by atoms with Crippen molar-refractivity contribution >= 4 is 11.6 Å². The van der Waals surface area contributed by atoms with Gasteiger partial charge in [-0.2, -0.15) is 0 Å². The molecule has 0 atom stereocenters. The number of aryl methyl sites for hydroxylation is 1. The minimum atomic E-state index is 0.472. The summed E-state index contributed by atoms with van der Waals surface area (Å²) >= 11 is 0. The topological polar surface area (TPSA) is 40.0 Å². The Balaban J connectivity index is 1.90. The molecule has 0 N–H and O–H groups in total. The van der Waals surface area contributed by atoms with Crippen molar-refractivity contribution in [3.05, 3.63) is 96.3 Å². The molecule has 0 spiro atoms. The summed E-state index contributed by atoms with van der Waals surface area (Å²) in [4.78, 5) is 4.68. The molecule has 0 radical (unpaired) electrons. The highest BCUT2D eigenvalue weighted by Gasteiger charge is 2.09. The molecule has 0 aliphatic heterocycles. The van der Waals surface area contributed by atoms with Gasteiger partial charge in [0.25, 0.3) is 0 Å². The summed E-state index contributed by atoms with van der Waals surface area (Å²) in [6, 6.07) is 25.2. The molecular weight excluding hydrogens is 362 g/mol. The van der Waals surface area contributed by atoms with Crippen LogP contribution in [0.3, 0.4) is 0 Å². The van der Waals surface area contributed by atoms with Crippen LogP contribution in [0.25, 0.3) is 0 Å². The molecule has 0 aromatic heterocycles. The lowest BCUT2D eigenvalue weighted by atomic mass is 10.2. The molecule has 0 amide bonds. The quantitative estimate of drug-likeness (QED) is 0.269. The maximum absolute atomic E-state index is 6.14. The van der Waals surface area contributed by atoms with Gasteiger partial charge in [-0.1, -0.05) is 49.4 Å². The fraction of sp³-hybridized carbons (Fsp3) is 0.160. The van der Waals surface area contributed by atoms with Gasteiger partial charge < -0.3 is 14.2 Å². The Hall–Kier alpha value is -3.53. The van der Waals surface area contributed by atoms with Gasteiger partial charge in [0.15, 0.2) is 11.5 Å². The molecule has 4 heteroatoms. The van der Waals surface area contributed by atoms with E-state index in [4.69, 9.17) is 14.2 Å². The Kier molecular flexibility index (Phi) is 7.06. The van der Waals surface area contributed by atoms with Crippen LogP contribution in [0.15, 0.2) is 95.7 Å². The zero-order chi connectivity index (χ0) is 20.5. The van der Waals surface area contributed by atoms with Crippen LogP contribution < -0.4 is 14.2 Å². The van der Waals surface area contributed by atoms with E-state index >= 15 is 0 Å². The Morgan fingerprint density at radius 3 is 2.34 bits per heavy atom. The molecule has 3 aromatic carbocycles. The molecule has 0 aliphatic carbocycles. The predicted molar refractivity (Wildman–Crippen MR) is 117 cm³/mol. The number of hydrogen-bond acceptors (Lipinski definition) is 4. The number of nitrogens with zero attached hydrogens (tertiary/aromatic N) is 1. The van der Waals surface area contributed by atoms with E-state index in [0.29, 0.717) is 17.4 Å². The average molecular weight is 387 g/mol. The Labute approximate surface area is 172 Å². The molecule has 4 nitrogen and oxygen atoms in total. The molecule has 29 heavy (non-hydrogen) atoms. The van der Waals surface area contributed by atoms with Crippen LogP contribution in [0.1, 0.15) is 19.4 Å². The highest BCUT2D eigenvalue weighted by molar-refractivity contribution is 5.96. The second kappa shape index (κ2) is 10.1. The lowest BCUT2D eigenvalue weighted by Gasteiger charge is -2.12. The summed E-state index contributed by atoms with van der Waals surface area (Å²) < 4.78 is 17.3. The third kappa shape index (κ3) is 5.72. The van der Waals surface area contributed by atoms with Crippen LogP contribution in [-0.2, 0) is 6.42 Å². The number of methoxy groups -OCH3 is 1. The van der Waals surface area contributed by atoms with Gasteiger partial charge in [-0.15, -0.1) is 0 Å². The van der Waals surface area contributed by atoms with Crippen LogP contribution in [0.4, 0.5) is 5.69 Å². The van der Waals surface area contributed by atoms with Gasteiger partial charge in [0.2, 0.25) is 5.90 Å². The average Bonchev–Trinajstić information content (AvgIpc) is 2.78. The largest absolute Gasteiger partial charge is 0.493 e. The zero-order valence-electron chi connectivity index (χ0n) is 17.0. The minimum absolute atomic E-state index is 0.472. The summed E-state index contributed by atoms with van der Waals surface area (Å²) in [5, 5.41) is 0. The number of rotatable bonds is 7. The van der Waals surface area contributed by atoms with Crippen molar-refractivity contribution in [2.75, 3.05) is 7.11 Å². The minimum Gasteiger partial charge on any atom is -0.493 e. The second-order valence-electron chi connectivity index (χ2n) is 6.43. The van der Waals surface area contributed by atoms with Crippen molar-refractivity contribution in [1.82, 2.24) is 0 Å². The Morgan fingerprint density at radius 1 is 0.897 bits per heavy atom. The molecule has 148 valence electrons. The van der Waals surface area contributed by atoms with E-state index in [0.717, 1.165) is 23.4 Å². The number of benzene rings is 3. The first kappa shape index (κ1) is 20.2. The van der Waals surface area contributed by atoms with Gasteiger partial charge in [-0.3, -0.25) is 0 Å². The highest BCUT2D eigenvalue weighted by Crippen LogP contribution is 2.26. The summed E-state index contributed by atoms with van der Waals surface area (Å²) in [7, 11) is 1.62. The number of ether oxygens (including phenoxy) is 3. The van der Waals surface area contributed by atoms with Crippen molar-refractivity contribution < 1.29 is 14.2 Å². The number of para-hydroxylation sites is 3. The summed E-state index contributed by atoms with van der Waals surface area (Å²) in [6.07, 6.45) is 2.57. The fourth-order valence-electron chi connectivity index (χ4n) is 2.67. The molecule has 0 saturated carbocycles. The van der Waals surface area contributed by atoms with Crippen molar-refractivity contribution in [3.63, 3.8) is 0 Å². The molecular formula is C25H25NO3. The van der Waals surface area contributed by atoms with Crippen LogP contribution in [0, 0.1) is 0 Å². The van der Waals surface area contributed by atoms with Crippen LogP contribution >= 0.6 is 0 Å². The smallest absolute Gasteiger partial charge is 0.225 e. The summed E-state index contributed by atoms with van der Waals surface area (Å²) in [5.74, 6) is 2.50. The summed E-state index contributed by atoms with van der Waals surface area (Å²) in [5.41, 5.74) is 2.76. The first-order chi connectivity index (χ1) is 14.2. The third-order valence-corrected chi connectivity index (χ3v) is 4.28. The van der Waals surface area contributed by atoms with E-state index in [1.54, 1.807) is 13.4 Å². The molecule has 0 fully saturated rings. The molecule has 0 bridgehead atoms. The Morgan fingerprint density at radius 2 is 1.62 bits per heavy atom. The van der Waals surface area contributed by atoms with Gasteiger partial charge in [0.05, 0.1) is 19.1 Å². The molecule has 0 saturated heterocycles. The molecule has 3 rings (SSSR count). The summed E-state index contributed by atoms with van der Waals surface area (Å²) in [6.45, 7) is 4.02. The van der Waals surface area contributed by atoms with Crippen molar-refractivity contribution in [3.8, 4) is 17.2 Å².